The number of aliphatic hydroxyl groups excluding tert-OH is 1. The molecule has 1 saturated heterocycles. The van der Waals surface area contributed by atoms with E-state index < -0.39 is 6.04 Å². The van der Waals surface area contributed by atoms with Crippen LogP contribution in [0.3, 0.4) is 0 Å². The van der Waals surface area contributed by atoms with Crippen LogP contribution in [-0.4, -0.2) is 78.9 Å². The summed E-state index contributed by atoms with van der Waals surface area (Å²) in [4.78, 5) is 12.1. The zero-order valence-corrected chi connectivity index (χ0v) is 19.4. The van der Waals surface area contributed by atoms with Crippen molar-refractivity contribution in [2.45, 2.75) is 12.5 Å². The molecule has 34 heavy (non-hydrogen) atoms. The Hall–Kier alpha value is -3.56. The lowest BCUT2D eigenvalue weighted by Gasteiger charge is -2.31. The van der Waals surface area contributed by atoms with Gasteiger partial charge in [-0.25, -0.2) is 4.98 Å². The van der Waals surface area contributed by atoms with E-state index in [1.165, 1.54) is 0 Å². The molecule has 1 aromatic heterocycles. The third-order valence-corrected chi connectivity index (χ3v) is 6.42. The second-order valence-corrected chi connectivity index (χ2v) is 8.41. The van der Waals surface area contributed by atoms with E-state index in [0.717, 1.165) is 30.7 Å². The van der Waals surface area contributed by atoms with Crippen LogP contribution in [-0.2, 0) is 4.74 Å². The van der Waals surface area contributed by atoms with Crippen molar-refractivity contribution in [3.63, 3.8) is 0 Å². The Morgan fingerprint density at radius 3 is 2.50 bits per heavy atom. The Morgan fingerprint density at radius 1 is 1.12 bits per heavy atom. The van der Waals surface area contributed by atoms with Gasteiger partial charge in [-0.15, -0.1) is 0 Å². The van der Waals surface area contributed by atoms with Crippen molar-refractivity contribution in [1.82, 2.24) is 14.9 Å². The molecule has 0 bridgehead atoms. The topological polar surface area (TPSA) is 107 Å². The first-order chi connectivity index (χ1) is 16.6. The maximum Gasteiger partial charge on any atom is 0.145 e. The number of benzene rings is 2. The summed E-state index contributed by atoms with van der Waals surface area (Å²) in [6, 6.07) is 12.8. The molecule has 3 aromatic rings. The molecule has 0 radical (unpaired) electrons. The smallest absolute Gasteiger partial charge is 0.145 e. The number of hydrogen-bond acceptors (Lipinski definition) is 7. The van der Waals surface area contributed by atoms with Gasteiger partial charge in [0, 0.05) is 37.8 Å². The van der Waals surface area contributed by atoms with E-state index in [2.05, 4.69) is 14.9 Å². The van der Waals surface area contributed by atoms with Crippen LogP contribution in [0.25, 0.3) is 16.6 Å². The summed E-state index contributed by atoms with van der Waals surface area (Å²) < 4.78 is 16.4. The third-order valence-electron chi connectivity index (χ3n) is 6.42. The number of nitrogens with zero attached hydrogens (tertiary/aromatic N) is 3. The van der Waals surface area contributed by atoms with E-state index in [-0.39, 0.29) is 11.6 Å². The molecule has 1 fully saturated rings. The van der Waals surface area contributed by atoms with Gasteiger partial charge in [-0.3, -0.25) is 10.3 Å². The molecule has 1 unspecified atom stereocenters. The number of morpholine rings is 1. The van der Waals surface area contributed by atoms with E-state index in [1.807, 2.05) is 41.3 Å². The van der Waals surface area contributed by atoms with Crippen LogP contribution >= 0.6 is 0 Å². The Labute approximate surface area is 198 Å². The second kappa shape index (κ2) is 9.36. The molecule has 2 aromatic carbocycles. The zero-order chi connectivity index (χ0) is 23.7. The van der Waals surface area contributed by atoms with Crippen LogP contribution in [0.4, 0.5) is 5.69 Å². The van der Waals surface area contributed by atoms with E-state index in [9.17, 15) is 5.11 Å². The molecule has 0 amide bonds. The highest BCUT2D eigenvalue weighted by atomic mass is 16.5. The summed E-state index contributed by atoms with van der Waals surface area (Å²) in [5.41, 5.74) is 2.77. The summed E-state index contributed by atoms with van der Waals surface area (Å²) in [6.07, 6.45) is 0.636. The Bertz CT molecular complexity index is 1180. The summed E-state index contributed by atoms with van der Waals surface area (Å²) in [7, 11) is 3.19. The van der Waals surface area contributed by atoms with Crippen molar-refractivity contribution < 1.29 is 19.3 Å². The predicted octanol–water partition coefficient (Wildman–Crippen LogP) is 3.44. The van der Waals surface area contributed by atoms with Crippen LogP contribution in [0.2, 0.25) is 0 Å². The zero-order valence-electron chi connectivity index (χ0n) is 19.4. The number of rotatable bonds is 7. The molecule has 1 atom stereocenters. The van der Waals surface area contributed by atoms with Crippen LogP contribution in [0.15, 0.2) is 48.2 Å². The monoisotopic (exact) mass is 463 g/mol. The molecule has 3 N–H and O–H groups in total. The van der Waals surface area contributed by atoms with Crippen molar-refractivity contribution in [3.05, 3.63) is 54.0 Å². The number of hydrogen-bond donors (Lipinski definition) is 3. The fourth-order valence-electron chi connectivity index (χ4n) is 4.63. The molecule has 2 aliphatic rings. The number of aliphatic hydroxyl groups is 1. The number of imidazole rings is 1. The van der Waals surface area contributed by atoms with Crippen molar-refractivity contribution in [3.8, 4) is 11.5 Å². The molecule has 178 valence electrons. The number of aromatic amines is 1. The van der Waals surface area contributed by atoms with E-state index in [0.29, 0.717) is 48.2 Å². The molecule has 3 heterocycles. The first-order valence-electron chi connectivity index (χ1n) is 11.4. The number of methoxy groups -OCH3 is 2. The number of para-hydroxylation sites is 2. The van der Waals surface area contributed by atoms with Gasteiger partial charge in [0.15, 0.2) is 0 Å². The number of amidine groups is 1. The molecular formula is C25H29N5O4. The lowest BCUT2D eigenvalue weighted by Crippen LogP contribution is -2.41. The fourth-order valence-corrected chi connectivity index (χ4v) is 4.63. The molecule has 9 heteroatoms. The van der Waals surface area contributed by atoms with Gasteiger partial charge >= 0.3 is 0 Å². The van der Waals surface area contributed by atoms with E-state index >= 15 is 0 Å². The number of fused-ring (bicyclic) bond motifs is 1. The molecule has 9 nitrogen and oxygen atoms in total. The first kappa shape index (κ1) is 22.2. The number of anilines is 1. The highest BCUT2D eigenvalue weighted by molar-refractivity contribution is 6.31. The maximum absolute atomic E-state index is 11.4. The van der Waals surface area contributed by atoms with Crippen molar-refractivity contribution in [1.29, 1.82) is 5.41 Å². The third kappa shape index (κ3) is 4.08. The molecule has 0 saturated carbocycles. The fraction of sp³-hybridized carbons (Fsp3) is 0.360. The first-order valence-corrected chi connectivity index (χ1v) is 11.4. The number of H-pyrrole nitrogens is 1. The largest absolute Gasteiger partial charge is 0.509 e. The van der Waals surface area contributed by atoms with Gasteiger partial charge in [0.05, 0.1) is 55.8 Å². The van der Waals surface area contributed by atoms with Crippen molar-refractivity contribution >= 4 is 28.1 Å². The van der Waals surface area contributed by atoms with Crippen LogP contribution in [0.5, 0.6) is 11.5 Å². The number of aromatic nitrogens is 2. The van der Waals surface area contributed by atoms with Crippen LogP contribution in [0, 0.1) is 5.41 Å². The summed E-state index contributed by atoms with van der Waals surface area (Å²) >= 11 is 0. The Balaban J connectivity index is 1.54. The second-order valence-electron chi connectivity index (χ2n) is 8.41. The normalized spacial score (nSPS) is 19.3. The van der Waals surface area contributed by atoms with Crippen molar-refractivity contribution in [2.24, 2.45) is 0 Å². The van der Waals surface area contributed by atoms with Gasteiger partial charge in [-0.1, -0.05) is 12.1 Å². The highest BCUT2D eigenvalue weighted by Crippen LogP contribution is 2.39. The standard InChI is InChI=1S/C25H29N5O4/c1-32-17-13-16(14-18(15-17)33-2)30-21(7-8-29-9-11-34-12-10-29)23(31)22(24(30)26)25-27-19-5-3-4-6-20(19)28-25/h3-6,13-15,21,26,31H,7-12H2,1-2H3,(H,27,28). The number of nitrogens with one attached hydrogen (secondary N) is 2. The SMILES string of the molecule is COc1cc(OC)cc(N2C(=N)C(c3nc4ccccc4[nH]3)=C(O)C2CCN2CCOCC2)c1. The molecular weight excluding hydrogens is 434 g/mol. The minimum Gasteiger partial charge on any atom is -0.509 e. The molecule has 0 aliphatic carbocycles. The van der Waals surface area contributed by atoms with Crippen molar-refractivity contribution in [2.75, 3.05) is 52.0 Å². The Morgan fingerprint density at radius 2 is 1.82 bits per heavy atom. The average Bonchev–Trinajstić information content (AvgIpc) is 3.40. The van der Waals surface area contributed by atoms with Gasteiger partial charge in [-0.2, -0.15) is 0 Å². The lowest BCUT2D eigenvalue weighted by atomic mass is 10.1. The van der Waals surface area contributed by atoms with Gasteiger partial charge in [0.2, 0.25) is 0 Å². The summed E-state index contributed by atoms with van der Waals surface area (Å²) in [6.45, 7) is 3.92. The van der Waals surface area contributed by atoms with Gasteiger partial charge < -0.3 is 29.2 Å². The van der Waals surface area contributed by atoms with E-state index in [1.54, 1.807) is 20.3 Å². The van der Waals surface area contributed by atoms with Gasteiger partial charge in [-0.05, 0) is 18.6 Å². The van der Waals surface area contributed by atoms with Crippen LogP contribution < -0.4 is 14.4 Å². The number of ether oxygens (including phenoxy) is 3. The molecule has 0 spiro atoms. The predicted molar refractivity (Wildman–Crippen MR) is 131 cm³/mol. The Kier molecular flexibility index (Phi) is 6.12. The summed E-state index contributed by atoms with van der Waals surface area (Å²) in [5, 5.41) is 20.5. The minimum atomic E-state index is -0.421. The van der Waals surface area contributed by atoms with E-state index in [4.69, 9.17) is 19.6 Å². The van der Waals surface area contributed by atoms with Gasteiger partial charge in [0.1, 0.15) is 28.9 Å². The highest BCUT2D eigenvalue weighted by Gasteiger charge is 2.40. The van der Waals surface area contributed by atoms with Gasteiger partial charge in [0.25, 0.3) is 0 Å². The lowest BCUT2D eigenvalue weighted by molar-refractivity contribution is 0.0367. The molecule has 2 aliphatic heterocycles. The molecule has 5 rings (SSSR count). The quantitative estimate of drug-likeness (QED) is 0.493. The average molecular weight is 464 g/mol. The maximum atomic E-state index is 11.4. The minimum absolute atomic E-state index is 0.138. The van der Waals surface area contributed by atoms with Crippen LogP contribution in [0.1, 0.15) is 12.2 Å². The summed E-state index contributed by atoms with van der Waals surface area (Å²) in [5.74, 6) is 2.03.